The number of thioether (sulfide) groups is 1. The molecule has 0 saturated carbocycles. The van der Waals surface area contributed by atoms with E-state index in [1.54, 1.807) is 0 Å². The number of hydrogen-bond donors (Lipinski definition) is 1. The fourth-order valence-corrected chi connectivity index (χ4v) is 4.40. The van der Waals surface area contributed by atoms with Crippen molar-refractivity contribution in [2.24, 2.45) is 0 Å². The van der Waals surface area contributed by atoms with Gasteiger partial charge < -0.3 is 10.2 Å². The van der Waals surface area contributed by atoms with E-state index in [2.05, 4.69) is 61.6 Å². The molecule has 0 bridgehead atoms. The quantitative estimate of drug-likeness (QED) is 0.926. The van der Waals surface area contributed by atoms with Crippen LogP contribution in [0.15, 0.2) is 6.20 Å². The molecule has 0 spiro atoms. The van der Waals surface area contributed by atoms with E-state index in [1.165, 1.54) is 10.0 Å². The highest BCUT2D eigenvalue weighted by molar-refractivity contribution is 8.00. The molecule has 19 heavy (non-hydrogen) atoms. The number of anilines is 1. The summed E-state index contributed by atoms with van der Waals surface area (Å²) in [5, 5.41) is 6.10. The van der Waals surface area contributed by atoms with Crippen molar-refractivity contribution in [3.8, 4) is 0 Å². The summed E-state index contributed by atoms with van der Waals surface area (Å²) < 4.78 is 0. The van der Waals surface area contributed by atoms with Crippen LogP contribution in [0.25, 0.3) is 0 Å². The van der Waals surface area contributed by atoms with Gasteiger partial charge >= 0.3 is 0 Å². The summed E-state index contributed by atoms with van der Waals surface area (Å²) in [6.07, 6.45) is 2.02. The second-order valence-electron chi connectivity index (χ2n) is 6.38. The minimum atomic E-state index is 0.162. The van der Waals surface area contributed by atoms with Gasteiger partial charge in [-0.15, -0.1) is 11.3 Å². The van der Waals surface area contributed by atoms with E-state index in [0.717, 1.165) is 19.6 Å². The first kappa shape index (κ1) is 15.1. The smallest absolute Gasteiger partial charge is 0.185 e. The summed E-state index contributed by atoms with van der Waals surface area (Å²) in [4.78, 5) is 8.37. The molecule has 2 heterocycles. The Morgan fingerprint density at radius 2 is 1.95 bits per heavy atom. The molecule has 3 nitrogen and oxygen atoms in total. The van der Waals surface area contributed by atoms with Gasteiger partial charge in [-0.3, -0.25) is 0 Å². The highest BCUT2D eigenvalue weighted by Gasteiger charge is 2.24. The van der Waals surface area contributed by atoms with Gasteiger partial charge in [-0.1, -0.05) is 13.8 Å². The van der Waals surface area contributed by atoms with Gasteiger partial charge in [0, 0.05) is 46.7 Å². The van der Waals surface area contributed by atoms with E-state index in [-0.39, 0.29) is 5.54 Å². The van der Waals surface area contributed by atoms with Gasteiger partial charge in [0.25, 0.3) is 0 Å². The van der Waals surface area contributed by atoms with E-state index in [0.29, 0.717) is 10.5 Å². The van der Waals surface area contributed by atoms with E-state index in [4.69, 9.17) is 0 Å². The fourth-order valence-electron chi connectivity index (χ4n) is 2.21. The SMILES string of the molecule is CC1CN(c2ncc(CNC(C)(C)C)s2)CC(C)S1. The minimum absolute atomic E-state index is 0.162. The van der Waals surface area contributed by atoms with Crippen LogP contribution < -0.4 is 10.2 Å². The molecular weight excluding hydrogens is 274 g/mol. The zero-order valence-corrected chi connectivity index (χ0v) is 14.2. The zero-order chi connectivity index (χ0) is 14.0. The molecule has 0 radical (unpaired) electrons. The molecule has 0 amide bonds. The Morgan fingerprint density at radius 3 is 2.53 bits per heavy atom. The van der Waals surface area contributed by atoms with Gasteiger partial charge in [-0.25, -0.2) is 4.98 Å². The van der Waals surface area contributed by atoms with Crippen molar-refractivity contribution < 1.29 is 0 Å². The number of aromatic nitrogens is 1. The summed E-state index contributed by atoms with van der Waals surface area (Å²) in [5.74, 6) is 0. The summed E-state index contributed by atoms with van der Waals surface area (Å²) in [6.45, 7) is 14.4. The second kappa shape index (κ2) is 6.02. The summed E-state index contributed by atoms with van der Waals surface area (Å²) >= 11 is 3.91. The monoisotopic (exact) mass is 299 g/mol. The topological polar surface area (TPSA) is 28.2 Å². The molecule has 1 aliphatic rings. The van der Waals surface area contributed by atoms with Crippen LogP contribution in [0.5, 0.6) is 0 Å². The lowest BCUT2D eigenvalue weighted by molar-refractivity contribution is 0.426. The Kier molecular flexibility index (Phi) is 4.79. The van der Waals surface area contributed by atoms with E-state index >= 15 is 0 Å². The predicted molar refractivity (Wildman–Crippen MR) is 87.4 cm³/mol. The van der Waals surface area contributed by atoms with Crippen molar-refractivity contribution in [3.05, 3.63) is 11.1 Å². The minimum Gasteiger partial charge on any atom is -0.346 e. The molecule has 1 aromatic rings. The third-order valence-corrected chi connectivity index (χ3v) is 5.31. The lowest BCUT2D eigenvalue weighted by Crippen LogP contribution is -2.40. The van der Waals surface area contributed by atoms with Crippen LogP contribution in [0.1, 0.15) is 39.5 Å². The molecule has 1 N–H and O–H groups in total. The van der Waals surface area contributed by atoms with Crippen molar-refractivity contribution in [1.82, 2.24) is 10.3 Å². The number of thiazole rings is 1. The summed E-state index contributed by atoms with van der Waals surface area (Å²) in [7, 11) is 0. The standard InChI is InChI=1S/C14H25N3S2/c1-10-8-17(9-11(2)18-10)13-15-6-12(19-13)7-16-14(3,4)5/h6,10-11,16H,7-9H2,1-5H3. The molecule has 5 heteroatoms. The van der Waals surface area contributed by atoms with Gasteiger partial charge in [-0.2, -0.15) is 11.8 Å². The Morgan fingerprint density at radius 1 is 1.32 bits per heavy atom. The van der Waals surface area contributed by atoms with Gasteiger partial charge in [0.15, 0.2) is 5.13 Å². The number of nitrogens with zero attached hydrogens (tertiary/aromatic N) is 2. The Bertz CT molecular complexity index is 401. The lowest BCUT2D eigenvalue weighted by Gasteiger charge is -2.34. The van der Waals surface area contributed by atoms with Crippen LogP contribution in [-0.4, -0.2) is 34.1 Å². The first-order chi connectivity index (χ1) is 8.83. The van der Waals surface area contributed by atoms with Crippen molar-refractivity contribution in [2.75, 3.05) is 18.0 Å². The maximum absolute atomic E-state index is 4.60. The fraction of sp³-hybridized carbons (Fsp3) is 0.786. The first-order valence-electron chi connectivity index (χ1n) is 6.93. The van der Waals surface area contributed by atoms with Crippen LogP contribution in [-0.2, 0) is 6.54 Å². The Balaban J connectivity index is 1.96. The van der Waals surface area contributed by atoms with Crippen molar-refractivity contribution in [3.63, 3.8) is 0 Å². The van der Waals surface area contributed by atoms with Crippen molar-refractivity contribution >= 4 is 28.2 Å². The van der Waals surface area contributed by atoms with Gasteiger partial charge in [0.2, 0.25) is 0 Å². The van der Waals surface area contributed by atoms with Gasteiger partial charge in [-0.05, 0) is 20.8 Å². The van der Waals surface area contributed by atoms with Crippen molar-refractivity contribution in [1.29, 1.82) is 0 Å². The van der Waals surface area contributed by atoms with E-state index in [1.807, 2.05) is 17.5 Å². The molecule has 0 aromatic carbocycles. The summed E-state index contributed by atoms with van der Waals surface area (Å²) in [5.41, 5.74) is 0.162. The van der Waals surface area contributed by atoms with Gasteiger partial charge in [0.05, 0.1) is 0 Å². The van der Waals surface area contributed by atoms with Crippen LogP contribution in [0.4, 0.5) is 5.13 Å². The maximum Gasteiger partial charge on any atom is 0.185 e. The molecule has 1 saturated heterocycles. The number of nitrogens with one attached hydrogen (secondary N) is 1. The highest BCUT2D eigenvalue weighted by atomic mass is 32.2. The third kappa shape index (κ3) is 4.65. The lowest BCUT2D eigenvalue weighted by atomic mass is 10.1. The maximum atomic E-state index is 4.60. The highest BCUT2D eigenvalue weighted by Crippen LogP contribution is 2.31. The average Bonchev–Trinajstić information content (AvgIpc) is 2.72. The number of rotatable bonds is 3. The second-order valence-corrected chi connectivity index (χ2v) is 9.35. The van der Waals surface area contributed by atoms with Crippen LogP contribution in [0.2, 0.25) is 0 Å². The van der Waals surface area contributed by atoms with E-state index in [9.17, 15) is 0 Å². The largest absolute Gasteiger partial charge is 0.346 e. The molecule has 2 rings (SSSR count). The Labute approximate surface area is 125 Å². The van der Waals surface area contributed by atoms with E-state index < -0.39 is 0 Å². The predicted octanol–water partition coefficient (Wildman–Crippen LogP) is 3.36. The normalized spacial score (nSPS) is 24.8. The van der Waals surface area contributed by atoms with Gasteiger partial charge in [0.1, 0.15) is 0 Å². The molecular formula is C14H25N3S2. The Hall–Kier alpha value is -0.260. The first-order valence-corrected chi connectivity index (χ1v) is 8.69. The number of hydrogen-bond acceptors (Lipinski definition) is 5. The summed E-state index contributed by atoms with van der Waals surface area (Å²) in [6, 6.07) is 0. The molecule has 2 unspecified atom stereocenters. The van der Waals surface area contributed by atoms with Crippen molar-refractivity contribution in [2.45, 2.75) is 57.2 Å². The molecule has 2 atom stereocenters. The third-order valence-electron chi connectivity index (χ3n) is 3.02. The molecule has 1 aromatic heterocycles. The molecule has 1 fully saturated rings. The van der Waals surface area contributed by atoms with Crippen LogP contribution in [0, 0.1) is 0 Å². The molecule has 0 aliphatic carbocycles. The van der Waals surface area contributed by atoms with Crippen LogP contribution in [0.3, 0.4) is 0 Å². The zero-order valence-electron chi connectivity index (χ0n) is 12.6. The van der Waals surface area contributed by atoms with Crippen LogP contribution >= 0.6 is 23.1 Å². The average molecular weight is 300 g/mol. The molecule has 108 valence electrons. The molecule has 1 aliphatic heterocycles.